The highest BCUT2D eigenvalue weighted by atomic mass is 16.3. The molecule has 1 amide bonds. The molecule has 2 aromatic carbocycles. The number of aromatic nitrogens is 2. The van der Waals surface area contributed by atoms with Gasteiger partial charge in [0.05, 0.1) is 17.9 Å². The summed E-state index contributed by atoms with van der Waals surface area (Å²) in [4.78, 5) is 31.5. The van der Waals surface area contributed by atoms with E-state index in [4.69, 9.17) is 0 Å². The average molecular weight is 401 g/mol. The Morgan fingerprint density at radius 2 is 1.77 bits per heavy atom. The van der Waals surface area contributed by atoms with Gasteiger partial charge in [-0.1, -0.05) is 60.2 Å². The van der Waals surface area contributed by atoms with E-state index in [-0.39, 0.29) is 11.3 Å². The first-order valence-corrected chi connectivity index (χ1v) is 9.92. The molecule has 0 bridgehead atoms. The number of nitrogens with zero attached hydrogens (tertiary/aromatic N) is 3. The Hall–Kier alpha value is -3.67. The van der Waals surface area contributed by atoms with Gasteiger partial charge in [0.2, 0.25) is 0 Å². The van der Waals surface area contributed by atoms with Crippen molar-refractivity contribution in [1.29, 1.82) is 0 Å². The third kappa shape index (κ3) is 3.76. The molecule has 1 fully saturated rings. The van der Waals surface area contributed by atoms with Crippen LogP contribution in [-0.4, -0.2) is 37.8 Å². The maximum atomic E-state index is 12.9. The maximum Gasteiger partial charge on any atom is 0.295 e. The van der Waals surface area contributed by atoms with E-state index in [1.807, 2.05) is 48.0 Å². The fourth-order valence-electron chi connectivity index (χ4n) is 3.80. The molecule has 1 aromatic heterocycles. The van der Waals surface area contributed by atoms with Crippen LogP contribution in [0.4, 0.5) is 0 Å². The van der Waals surface area contributed by atoms with Crippen molar-refractivity contribution >= 4 is 17.4 Å². The zero-order chi connectivity index (χ0) is 21.1. The fraction of sp³-hybridized carbons (Fsp3) is 0.208. The number of carbonyl (C=O) groups is 2. The predicted molar refractivity (Wildman–Crippen MR) is 113 cm³/mol. The molecule has 1 N–H and O–H groups in total. The van der Waals surface area contributed by atoms with Crippen LogP contribution in [0.1, 0.15) is 29.2 Å². The topological polar surface area (TPSA) is 75.4 Å². The van der Waals surface area contributed by atoms with E-state index in [0.29, 0.717) is 25.1 Å². The van der Waals surface area contributed by atoms with Gasteiger partial charge in [-0.15, -0.1) is 0 Å². The second kappa shape index (κ2) is 8.37. The Labute approximate surface area is 175 Å². The predicted octanol–water partition coefficient (Wildman–Crippen LogP) is 3.70. The Bertz CT molecular complexity index is 1070. The number of benzene rings is 2. The van der Waals surface area contributed by atoms with Crippen LogP contribution in [-0.2, 0) is 16.1 Å². The Kier molecular flexibility index (Phi) is 5.48. The highest BCUT2D eigenvalue weighted by Gasteiger charge is 2.45. The van der Waals surface area contributed by atoms with E-state index in [0.717, 1.165) is 11.1 Å². The molecule has 3 aromatic rings. The third-order valence-electron chi connectivity index (χ3n) is 5.35. The van der Waals surface area contributed by atoms with Crippen LogP contribution in [0.25, 0.3) is 5.76 Å². The Morgan fingerprint density at radius 1 is 1.03 bits per heavy atom. The summed E-state index contributed by atoms with van der Waals surface area (Å²) in [7, 11) is 0. The van der Waals surface area contributed by atoms with Gasteiger partial charge in [0.25, 0.3) is 11.7 Å². The van der Waals surface area contributed by atoms with Crippen LogP contribution >= 0.6 is 0 Å². The first kappa shape index (κ1) is 19.6. The van der Waals surface area contributed by atoms with Crippen molar-refractivity contribution in [3.05, 3.63) is 95.6 Å². The van der Waals surface area contributed by atoms with Gasteiger partial charge in [0.15, 0.2) is 0 Å². The number of hydrogen-bond donors (Lipinski definition) is 1. The lowest BCUT2D eigenvalue weighted by atomic mass is 9.94. The normalized spacial score (nSPS) is 18.2. The molecule has 6 nitrogen and oxygen atoms in total. The highest BCUT2D eigenvalue weighted by Crippen LogP contribution is 2.39. The second-order valence-corrected chi connectivity index (χ2v) is 7.42. The number of Topliss-reactive ketones (excluding diaryl/α,β-unsaturated/α-hetero) is 1. The minimum Gasteiger partial charge on any atom is -0.507 e. The first-order chi connectivity index (χ1) is 14.6. The van der Waals surface area contributed by atoms with Crippen molar-refractivity contribution in [2.45, 2.75) is 25.9 Å². The summed E-state index contributed by atoms with van der Waals surface area (Å²) in [6, 6.07) is 16.0. The number of rotatable bonds is 6. The number of hydrogen-bond acceptors (Lipinski definition) is 4. The lowest BCUT2D eigenvalue weighted by molar-refractivity contribution is -0.139. The van der Waals surface area contributed by atoms with Crippen LogP contribution in [0, 0.1) is 6.92 Å². The average Bonchev–Trinajstić information content (AvgIpc) is 3.37. The van der Waals surface area contributed by atoms with E-state index in [1.165, 1.54) is 0 Å². The third-order valence-corrected chi connectivity index (χ3v) is 5.35. The molecule has 4 rings (SSSR count). The summed E-state index contributed by atoms with van der Waals surface area (Å²) >= 11 is 0. The molecule has 6 heteroatoms. The van der Waals surface area contributed by atoms with Gasteiger partial charge in [0, 0.05) is 31.0 Å². The standard InChI is InChI=1S/C24H23N3O3/c1-17-8-10-18(11-9-17)21-20(22(28)19-6-3-2-4-7-19)23(29)24(30)27(21)14-5-13-26-15-12-25-16-26/h2-4,6-12,15-16,21,28H,5,13-14H2,1H3/b22-20+/t21-/m0/s1. The molecule has 2 heterocycles. The molecule has 1 aliphatic heterocycles. The fourth-order valence-corrected chi connectivity index (χ4v) is 3.80. The number of imidazole rings is 1. The molecular weight excluding hydrogens is 378 g/mol. The van der Waals surface area contributed by atoms with Gasteiger partial charge in [-0.05, 0) is 18.9 Å². The molecule has 0 unspecified atom stereocenters. The molecule has 0 spiro atoms. The number of carbonyl (C=O) groups excluding carboxylic acids is 2. The SMILES string of the molecule is Cc1ccc([C@H]2/C(=C(\O)c3ccccc3)C(=O)C(=O)N2CCCn2ccnc2)cc1. The summed E-state index contributed by atoms with van der Waals surface area (Å²) in [6.45, 7) is 3.06. The number of aliphatic hydroxyl groups is 1. The number of ketones is 1. The van der Waals surface area contributed by atoms with Crippen molar-refractivity contribution in [3.8, 4) is 0 Å². The maximum absolute atomic E-state index is 12.9. The van der Waals surface area contributed by atoms with Gasteiger partial charge in [-0.3, -0.25) is 9.59 Å². The van der Waals surface area contributed by atoms with E-state index in [1.54, 1.807) is 41.7 Å². The lowest BCUT2D eigenvalue weighted by Crippen LogP contribution is -2.31. The molecule has 30 heavy (non-hydrogen) atoms. The zero-order valence-electron chi connectivity index (χ0n) is 16.7. The van der Waals surface area contributed by atoms with Gasteiger partial charge in [-0.2, -0.15) is 0 Å². The Morgan fingerprint density at radius 3 is 2.43 bits per heavy atom. The molecule has 1 saturated heterocycles. The summed E-state index contributed by atoms with van der Waals surface area (Å²) in [6.07, 6.45) is 5.96. The minimum atomic E-state index is -0.649. The lowest BCUT2D eigenvalue weighted by Gasteiger charge is -2.25. The van der Waals surface area contributed by atoms with Crippen LogP contribution < -0.4 is 0 Å². The monoisotopic (exact) mass is 401 g/mol. The minimum absolute atomic E-state index is 0.137. The van der Waals surface area contributed by atoms with E-state index >= 15 is 0 Å². The number of likely N-dealkylation sites (tertiary alicyclic amines) is 1. The molecule has 1 atom stereocenters. The van der Waals surface area contributed by atoms with Crippen molar-refractivity contribution in [2.24, 2.45) is 0 Å². The van der Waals surface area contributed by atoms with E-state index in [9.17, 15) is 14.7 Å². The van der Waals surface area contributed by atoms with Crippen LogP contribution in [0.2, 0.25) is 0 Å². The highest BCUT2D eigenvalue weighted by molar-refractivity contribution is 6.46. The van der Waals surface area contributed by atoms with Crippen molar-refractivity contribution in [2.75, 3.05) is 6.54 Å². The van der Waals surface area contributed by atoms with E-state index in [2.05, 4.69) is 4.98 Å². The largest absolute Gasteiger partial charge is 0.507 e. The molecular formula is C24H23N3O3. The molecule has 1 aliphatic rings. The quantitative estimate of drug-likeness (QED) is 0.388. The Balaban J connectivity index is 1.72. The number of aryl methyl sites for hydroxylation is 2. The van der Waals surface area contributed by atoms with Crippen LogP contribution in [0.3, 0.4) is 0 Å². The smallest absolute Gasteiger partial charge is 0.295 e. The first-order valence-electron chi connectivity index (χ1n) is 9.92. The van der Waals surface area contributed by atoms with Crippen LogP contribution in [0.5, 0.6) is 0 Å². The number of aliphatic hydroxyl groups excluding tert-OH is 1. The van der Waals surface area contributed by atoms with Gasteiger partial charge < -0.3 is 14.6 Å². The van der Waals surface area contributed by atoms with Gasteiger partial charge >= 0.3 is 0 Å². The zero-order valence-corrected chi connectivity index (χ0v) is 16.7. The van der Waals surface area contributed by atoms with Gasteiger partial charge in [0.1, 0.15) is 5.76 Å². The van der Waals surface area contributed by atoms with Crippen molar-refractivity contribution in [1.82, 2.24) is 14.5 Å². The van der Waals surface area contributed by atoms with Crippen molar-refractivity contribution in [3.63, 3.8) is 0 Å². The summed E-state index contributed by atoms with van der Waals surface area (Å²) < 4.78 is 1.93. The molecule has 0 aliphatic carbocycles. The molecule has 152 valence electrons. The molecule has 0 radical (unpaired) electrons. The summed E-state index contributed by atoms with van der Waals surface area (Å²) in [5.74, 6) is -1.37. The van der Waals surface area contributed by atoms with E-state index < -0.39 is 17.7 Å². The van der Waals surface area contributed by atoms with Crippen molar-refractivity contribution < 1.29 is 14.7 Å². The molecule has 0 saturated carbocycles. The second-order valence-electron chi connectivity index (χ2n) is 7.42. The summed E-state index contributed by atoms with van der Waals surface area (Å²) in [5, 5.41) is 11.0. The van der Waals surface area contributed by atoms with Crippen LogP contribution in [0.15, 0.2) is 78.9 Å². The summed E-state index contributed by atoms with van der Waals surface area (Å²) in [5.41, 5.74) is 2.54. The number of amides is 1. The van der Waals surface area contributed by atoms with Gasteiger partial charge in [-0.25, -0.2) is 4.98 Å².